The molecule has 1 heterocycles. The maximum absolute atomic E-state index is 12.9. The molecule has 27 heavy (non-hydrogen) atoms. The summed E-state index contributed by atoms with van der Waals surface area (Å²) in [5.74, 6) is 2.85. The normalized spacial score (nSPS) is 17.7. The fourth-order valence-corrected chi connectivity index (χ4v) is 6.43. The lowest BCUT2D eigenvalue weighted by Crippen LogP contribution is -2.33. The Kier molecular flexibility index (Phi) is 8.33. The first-order chi connectivity index (χ1) is 12.9. The van der Waals surface area contributed by atoms with Crippen molar-refractivity contribution in [3.63, 3.8) is 0 Å². The average molecular weight is 434 g/mol. The number of carbonyl (C=O) groups excluding carboxylic acids is 1. The van der Waals surface area contributed by atoms with Crippen LogP contribution in [0.15, 0.2) is 23.1 Å². The van der Waals surface area contributed by atoms with E-state index < -0.39 is 16.0 Å². The van der Waals surface area contributed by atoms with Crippen LogP contribution in [0.3, 0.4) is 0 Å². The molecule has 1 unspecified atom stereocenters. The lowest BCUT2D eigenvalue weighted by molar-refractivity contribution is -0.134. The molecule has 1 aromatic rings. The van der Waals surface area contributed by atoms with E-state index in [1.165, 1.54) is 39.5 Å². The van der Waals surface area contributed by atoms with Gasteiger partial charge in [0.05, 0.1) is 21.3 Å². The number of thioether (sulfide) groups is 2. The van der Waals surface area contributed by atoms with Crippen molar-refractivity contribution < 1.29 is 27.4 Å². The lowest BCUT2D eigenvalue weighted by atomic mass is 10.2. The molecule has 0 bridgehead atoms. The first-order valence-electron chi connectivity index (χ1n) is 8.12. The van der Waals surface area contributed by atoms with Crippen molar-refractivity contribution in [2.45, 2.75) is 10.1 Å². The molecule has 1 N–H and O–H groups in total. The van der Waals surface area contributed by atoms with Crippen LogP contribution in [0.4, 0.5) is 0 Å². The number of benzene rings is 1. The van der Waals surface area contributed by atoms with E-state index in [2.05, 4.69) is 9.46 Å². The van der Waals surface area contributed by atoms with Gasteiger partial charge in [-0.05, 0) is 23.8 Å². The third kappa shape index (κ3) is 6.06. The highest BCUT2D eigenvalue weighted by Gasteiger charge is 2.25. The van der Waals surface area contributed by atoms with Crippen molar-refractivity contribution >= 4 is 45.6 Å². The molecule has 1 aliphatic rings. The Bertz CT molecular complexity index is 788. The number of carbonyl (C=O) groups is 1. The smallest absolute Gasteiger partial charge is 0.330 e. The standard InChI is InChI=1S/C17H23NO6S3/c1-22-14-8-12(4-5-16(19)23-2)9-15(17(14)24-3)27(20,21)18-10-13-11-25-6-7-26-13/h4-5,8-9,13,18H,6-7,10-11H2,1-3H3/b5-4+. The number of methoxy groups -OCH3 is 3. The van der Waals surface area contributed by atoms with Crippen molar-refractivity contribution in [2.24, 2.45) is 0 Å². The van der Waals surface area contributed by atoms with E-state index in [-0.39, 0.29) is 21.6 Å². The Morgan fingerprint density at radius 3 is 2.63 bits per heavy atom. The van der Waals surface area contributed by atoms with Gasteiger partial charge in [-0.2, -0.15) is 23.5 Å². The zero-order chi connectivity index (χ0) is 19.9. The number of sulfonamides is 1. The van der Waals surface area contributed by atoms with Gasteiger partial charge in [0.25, 0.3) is 0 Å². The molecular weight excluding hydrogens is 410 g/mol. The lowest BCUT2D eigenvalue weighted by Gasteiger charge is -2.21. The maximum Gasteiger partial charge on any atom is 0.330 e. The van der Waals surface area contributed by atoms with E-state index in [4.69, 9.17) is 9.47 Å². The van der Waals surface area contributed by atoms with Gasteiger partial charge in [0.2, 0.25) is 10.0 Å². The number of esters is 1. The molecular formula is C17H23NO6S3. The van der Waals surface area contributed by atoms with Crippen LogP contribution in [-0.4, -0.2) is 64.8 Å². The van der Waals surface area contributed by atoms with E-state index in [1.54, 1.807) is 17.8 Å². The molecule has 0 aromatic heterocycles. The molecule has 150 valence electrons. The first kappa shape index (κ1) is 21.9. The number of ether oxygens (including phenoxy) is 3. The molecule has 0 radical (unpaired) electrons. The van der Waals surface area contributed by atoms with Crippen LogP contribution in [0.25, 0.3) is 6.08 Å². The number of hydrogen-bond donors (Lipinski definition) is 1. The average Bonchev–Trinajstić information content (AvgIpc) is 2.70. The Morgan fingerprint density at radius 1 is 1.26 bits per heavy atom. The Hall–Kier alpha value is -1.36. The van der Waals surface area contributed by atoms with Gasteiger partial charge in [-0.25, -0.2) is 17.9 Å². The molecule has 10 heteroatoms. The van der Waals surface area contributed by atoms with Crippen LogP contribution in [-0.2, 0) is 19.6 Å². The molecule has 1 atom stereocenters. The summed E-state index contributed by atoms with van der Waals surface area (Å²) in [5, 5.41) is 0.230. The van der Waals surface area contributed by atoms with Gasteiger partial charge in [-0.3, -0.25) is 0 Å². The van der Waals surface area contributed by atoms with Gasteiger partial charge in [0.1, 0.15) is 4.90 Å². The van der Waals surface area contributed by atoms with E-state index >= 15 is 0 Å². The quantitative estimate of drug-likeness (QED) is 0.492. The molecule has 1 saturated heterocycles. The van der Waals surface area contributed by atoms with Crippen LogP contribution in [0, 0.1) is 0 Å². The van der Waals surface area contributed by atoms with Crippen LogP contribution >= 0.6 is 23.5 Å². The fourth-order valence-electron chi connectivity index (χ4n) is 2.41. The largest absolute Gasteiger partial charge is 0.493 e. The van der Waals surface area contributed by atoms with Gasteiger partial charge in [0.15, 0.2) is 11.5 Å². The zero-order valence-electron chi connectivity index (χ0n) is 15.4. The van der Waals surface area contributed by atoms with Gasteiger partial charge in [0, 0.05) is 35.1 Å². The van der Waals surface area contributed by atoms with Crippen molar-refractivity contribution in [3.8, 4) is 11.5 Å². The van der Waals surface area contributed by atoms with Gasteiger partial charge < -0.3 is 14.2 Å². The molecule has 1 aliphatic heterocycles. The highest BCUT2D eigenvalue weighted by Crippen LogP contribution is 2.36. The number of nitrogens with one attached hydrogen (secondary N) is 1. The Labute approximate surface area is 168 Å². The second-order valence-electron chi connectivity index (χ2n) is 5.53. The summed E-state index contributed by atoms with van der Waals surface area (Å²) in [7, 11) is 0.243. The predicted molar refractivity (Wildman–Crippen MR) is 109 cm³/mol. The Balaban J connectivity index is 2.33. The summed E-state index contributed by atoms with van der Waals surface area (Å²) in [6, 6.07) is 3.02. The molecule has 0 spiro atoms. The summed E-state index contributed by atoms with van der Waals surface area (Å²) in [4.78, 5) is 11.3. The summed E-state index contributed by atoms with van der Waals surface area (Å²) in [5.41, 5.74) is 0.473. The van der Waals surface area contributed by atoms with Crippen molar-refractivity contribution in [1.29, 1.82) is 0 Å². The fraction of sp³-hybridized carbons (Fsp3) is 0.471. The second-order valence-corrected chi connectivity index (χ2v) is 9.82. The van der Waals surface area contributed by atoms with Gasteiger partial charge in [-0.1, -0.05) is 0 Å². The van der Waals surface area contributed by atoms with Crippen LogP contribution in [0.1, 0.15) is 5.56 Å². The molecule has 1 fully saturated rings. The SMILES string of the molecule is COC(=O)/C=C/c1cc(OC)c(OC)c(S(=O)(=O)NCC2CSCCS2)c1. The minimum Gasteiger partial charge on any atom is -0.493 e. The van der Waals surface area contributed by atoms with E-state index in [0.29, 0.717) is 12.1 Å². The first-order valence-corrected chi connectivity index (χ1v) is 11.8. The van der Waals surface area contributed by atoms with Gasteiger partial charge in [-0.15, -0.1) is 0 Å². The maximum atomic E-state index is 12.9. The minimum absolute atomic E-state index is 0.0395. The number of rotatable bonds is 8. The third-order valence-electron chi connectivity index (χ3n) is 3.76. The highest BCUT2D eigenvalue weighted by atomic mass is 32.2. The van der Waals surface area contributed by atoms with Crippen LogP contribution in [0.5, 0.6) is 11.5 Å². The van der Waals surface area contributed by atoms with Crippen molar-refractivity contribution in [1.82, 2.24) is 4.72 Å². The second kappa shape index (κ2) is 10.3. The van der Waals surface area contributed by atoms with Crippen molar-refractivity contribution in [2.75, 3.05) is 45.1 Å². The Morgan fingerprint density at radius 2 is 2.04 bits per heavy atom. The highest BCUT2D eigenvalue weighted by molar-refractivity contribution is 8.06. The van der Waals surface area contributed by atoms with Gasteiger partial charge >= 0.3 is 5.97 Å². The zero-order valence-corrected chi connectivity index (χ0v) is 17.8. The predicted octanol–water partition coefficient (Wildman–Crippen LogP) is 2.02. The molecule has 1 aromatic carbocycles. The van der Waals surface area contributed by atoms with E-state index in [9.17, 15) is 13.2 Å². The van der Waals surface area contributed by atoms with Crippen molar-refractivity contribution in [3.05, 3.63) is 23.8 Å². The third-order valence-corrected chi connectivity index (χ3v) is 8.03. The molecule has 2 rings (SSSR count). The molecule has 0 amide bonds. The minimum atomic E-state index is -3.83. The van der Waals surface area contributed by atoms with E-state index in [0.717, 1.165) is 17.3 Å². The summed E-state index contributed by atoms with van der Waals surface area (Å²) in [6.07, 6.45) is 2.67. The molecule has 7 nitrogen and oxygen atoms in total. The topological polar surface area (TPSA) is 90.9 Å². The van der Waals surface area contributed by atoms with E-state index in [1.807, 2.05) is 11.8 Å². The van der Waals surface area contributed by atoms with Crippen LogP contribution < -0.4 is 14.2 Å². The summed E-state index contributed by atoms with van der Waals surface area (Å²) < 4.78 is 43.5. The van der Waals surface area contributed by atoms with Crippen LogP contribution in [0.2, 0.25) is 0 Å². The summed E-state index contributed by atoms with van der Waals surface area (Å²) in [6.45, 7) is 0.341. The molecule has 0 saturated carbocycles. The molecule has 0 aliphatic carbocycles. The monoisotopic (exact) mass is 433 g/mol. The number of hydrogen-bond acceptors (Lipinski definition) is 8. The summed E-state index contributed by atoms with van der Waals surface area (Å²) >= 11 is 3.59.